The van der Waals surface area contributed by atoms with Crippen molar-refractivity contribution in [1.82, 2.24) is 4.98 Å². The van der Waals surface area contributed by atoms with E-state index < -0.39 is 0 Å². The van der Waals surface area contributed by atoms with Gasteiger partial charge in [-0.25, -0.2) is 0 Å². The molecule has 0 spiro atoms. The van der Waals surface area contributed by atoms with Gasteiger partial charge in [-0.15, -0.1) is 11.6 Å². The van der Waals surface area contributed by atoms with Crippen LogP contribution in [-0.2, 0) is 6.42 Å². The zero-order valence-corrected chi connectivity index (χ0v) is 17.1. The van der Waals surface area contributed by atoms with Crippen molar-refractivity contribution in [1.29, 1.82) is 0 Å². The highest BCUT2D eigenvalue weighted by Crippen LogP contribution is 2.32. The number of benzene rings is 2. The van der Waals surface area contributed by atoms with E-state index in [-0.39, 0.29) is 11.5 Å². The first-order valence-corrected chi connectivity index (χ1v) is 10.1. The van der Waals surface area contributed by atoms with Gasteiger partial charge in [0, 0.05) is 0 Å². The van der Waals surface area contributed by atoms with Crippen molar-refractivity contribution < 1.29 is 14.9 Å². The van der Waals surface area contributed by atoms with Crippen LogP contribution in [0.25, 0.3) is 11.1 Å². The number of phenols is 1. The maximum absolute atomic E-state index is 9.60. The Bertz CT molecular complexity index is 949. The van der Waals surface area contributed by atoms with Crippen molar-refractivity contribution in [2.24, 2.45) is 0 Å². The number of rotatable bonds is 8. The minimum atomic E-state index is 0.144. The molecule has 5 heteroatoms. The second kappa shape index (κ2) is 9.99. The Morgan fingerprint density at radius 2 is 1.59 bits per heavy atom. The summed E-state index contributed by atoms with van der Waals surface area (Å²) in [6.07, 6.45) is 2.94. The van der Waals surface area contributed by atoms with Crippen LogP contribution in [0.1, 0.15) is 30.2 Å². The van der Waals surface area contributed by atoms with Crippen LogP contribution in [0.3, 0.4) is 0 Å². The molecular weight excluding hydrogens is 386 g/mol. The minimum absolute atomic E-state index is 0.144. The molecule has 0 aliphatic heterocycles. The monoisotopic (exact) mass is 409 g/mol. The third kappa shape index (κ3) is 5.52. The molecule has 2 aromatic carbocycles. The van der Waals surface area contributed by atoms with Crippen LogP contribution in [0.2, 0.25) is 0 Å². The average molecular weight is 410 g/mol. The molecule has 1 aromatic heterocycles. The molecule has 0 aliphatic carbocycles. The highest BCUT2D eigenvalue weighted by molar-refractivity contribution is 6.18. The van der Waals surface area contributed by atoms with Gasteiger partial charge < -0.3 is 14.9 Å². The van der Waals surface area contributed by atoms with E-state index in [0.29, 0.717) is 18.9 Å². The molecule has 0 atom stereocenters. The molecule has 3 aromatic rings. The van der Waals surface area contributed by atoms with E-state index in [1.807, 2.05) is 42.5 Å². The lowest BCUT2D eigenvalue weighted by atomic mass is 9.90. The van der Waals surface area contributed by atoms with Crippen molar-refractivity contribution >= 4 is 22.7 Å². The summed E-state index contributed by atoms with van der Waals surface area (Å²) in [5, 5.41) is 19.2. The molecule has 0 radical (unpaired) electrons. The van der Waals surface area contributed by atoms with Gasteiger partial charge >= 0.3 is 0 Å². The Morgan fingerprint density at radius 1 is 0.897 bits per heavy atom. The van der Waals surface area contributed by atoms with Crippen LogP contribution in [0, 0.1) is 0 Å². The fourth-order valence-corrected chi connectivity index (χ4v) is 3.30. The number of ether oxygens (including phenoxy) is 1. The maximum Gasteiger partial charge on any atom is 0.133 e. The van der Waals surface area contributed by atoms with Gasteiger partial charge in [-0.05, 0) is 71.5 Å². The number of pyridine rings is 1. The second-order valence-electron chi connectivity index (χ2n) is 6.62. The third-order valence-corrected chi connectivity index (χ3v) is 4.80. The molecule has 150 valence electrons. The predicted octanol–water partition coefficient (Wildman–Crippen LogP) is 5.67. The largest absolute Gasteiger partial charge is 0.508 e. The quantitative estimate of drug-likeness (QED) is 0.470. The Hall–Kier alpha value is -2.98. The lowest BCUT2D eigenvalue weighted by Crippen LogP contribution is -2.00. The Balaban J connectivity index is 2.04. The van der Waals surface area contributed by atoms with Gasteiger partial charge in [-0.2, -0.15) is 0 Å². The van der Waals surface area contributed by atoms with E-state index in [1.165, 1.54) is 6.20 Å². The van der Waals surface area contributed by atoms with Crippen LogP contribution in [0.15, 0.2) is 66.9 Å². The lowest BCUT2D eigenvalue weighted by Gasteiger charge is -2.16. The summed E-state index contributed by atoms with van der Waals surface area (Å²) < 4.78 is 5.59. The number of alkyl halides is 1. The van der Waals surface area contributed by atoms with E-state index in [2.05, 4.69) is 11.9 Å². The van der Waals surface area contributed by atoms with Crippen molar-refractivity contribution in [3.8, 4) is 17.2 Å². The van der Waals surface area contributed by atoms with Gasteiger partial charge in [-0.3, -0.25) is 4.98 Å². The predicted molar refractivity (Wildman–Crippen MR) is 117 cm³/mol. The van der Waals surface area contributed by atoms with Gasteiger partial charge in [0.05, 0.1) is 17.8 Å². The average Bonchev–Trinajstić information content (AvgIpc) is 2.75. The Kier molecular flexibility index (Phi) is 7.14. The third-order valence-electron chi connectivity index (χ3n) is 4.64. The molecule has 0 unspecified atom stereocenters. The fraction of sp³-hybridized carbons (Fsp3) is 0.208. The maximum atomic E-state index is 9.60. The van der Waals surface area contributed by atoms with Crippen molar-refractivity contribution in [3.05, 3.63) is 83.7 Å². The molecule has 29 heavy (non-hydrogen) atoms. The number of phenolic OH excluding ortho intramolecular Hbond substituents is 1. The fourth-order valence-electron chi connectivity index (χ4n) is 3.22. The number of hydrogen-bond donors (Lipinski definition) is 2. The zero-order valence-electron chi connectivity index (χ0n) is 16.3. The summed E-state index contributed by atoms with van der Waals surface area (Å²) >= 11 is 5.70. The summed E-state index contributed by atoms with van der Waals surface area (Å²) in [7, 11) is 0. The minimum Gasteiger partial charge on any atom is -0.508 e. The van der Waals surface area contributed by atoms with Crippen LogP contribution in [-0.4, -0.2) is 27.7 Å². The van der Waals surface area contributed by atoms with E-state index in [0.717, 1.165) is 40.1 Å². The highest BCUT2D eigenvalue weighted by Gasteiger charge is 2.13. The number of halogens is 1. The summed E-state index contributed by atoms with van der Waals surface area (Å²) in [6, 6.07) is 18.7. The highest BCUT2D eigenvalue weighted by atomic mass is 35.5. The van der Waals surface area contributed by atoms with Gasteiger partial charge in [0.1, 0.15) is 23.9 Å². The first-order chi connectivity index (χ1) is 14.1. The van der Waals surface area contributed by atoms with Gasteiger partial charge in [0.15, 0.2) is 0 Å². The van der Waals surface area contributed by atoms with E-state index >= 15 is 0 Å². The SMILES string of the molecule is CC/C(=C(\Cc1ccc(O)cc1)c1ccc(OCCCl)cc1)c1ccc(O)cn1. The summed E-state index contributed by atoms with van der Waals surface area (Å²) in [5.74, 6) is 1.61. The first-order valence-electron chi connectivity index (χ1n) is 9.55. The number of hydrogen-bond acceptors (Lipinski definition) is 4. The molecule has 1 heterocycles. The van der Waals surface area contributed by atoms with Crippen molar-refractivity contribution in [3.63, 3.8) is 0 Å². The van der Waals surface area contributed by atoms with Crippen LogP contribution < -0.4 is 4.74 Å². The normalized spacial score (nSPS) is 11.8. The molecular formula is C24H24ClNO3. The van der Waals surface area contributed by atoms with Gasteiger partial charge in [0.2, 0.25) is 0 Å². The molecule has 0 saturated carbocycles. The Labute approximate surface area is 176 Å². The Morgan fingerprint density at radius 3 is 2.17 bits per heavy atom. The summed E-state index contributed by atoms with van der Waals surface area (Å²) in [5.41, 5.74) is 5.24. The molecule has 3 rings (SSSR count). The van der Waals surface area contributed by atoms with E-state index in [9.17, 15) is 10.2 Å². The number of nitrogens with zero attached hydrogens (tertiary/aromatic N) is 1. The first kappa shape index (κ1) is 20.7. The lowest BCUT2D eigenvalue weighted by molar-refractivity contribution is 0.343. The molecule has 0 saturated heterocycles. The molecule has 4 nitrogen and oxygen atoms in total. The smallest absolute Gasteiger partial charge is 0.133 e. The molecule has 0 fully saturated rings. The van der Waals surface area contributed by atoms with Gasteiger partial charge in [0.25, 0.3) is 0 Å². The summed E-state index contributed by atoms with van der Waals surface area (Å²) in [4.78, 5) is 4.42. The number of aromatic hydroxyl groups is 2. The topological polar surface area (TPSA) is 62.6 Å². The van der Waals surface area contributed by atoms with E-state index in [1.54, 1.807) is 18.2 Å². The standard InChI is InChI=1S/C24H24ClNO3/c1-2-22(24-12-9-20(28)16-26-24)23(15-17-3-7-19(27)8-4-17)18-5-10-21(11-6-18)29-14-13-25/h3-12,16,27-28H,2,13-15H2,1H3/b23-22-. The molecule has 0 bridgehead atoms. The molecule has 0 aliphatic rings. The van der Waals surface area contributed by atoms with Crippen LogP contribution in [0.4, 0.5) is 0 Å². The van der Waals surface area contributed by atoms with Crippen LogP contribution >= 0.6 is 11.6 Å². The zero-order chi connectivity index (χ0) is 20.6. The van der Waals surface area contributed by atoms with Gasteiger partial charge in [-0.1, -0.05) is 31.2 Å². The van der Waals surface area contributed by atoms with Crippen molar-refractivity contribution in [2.45, 2.75) is 19.8 Å². The number of aromatic nitrogens is 1. The van der Waals surface area contributed by atoms with Crippen molar-refractivity contribution in [2.75, 3.05) is 12.5 Å². The second-order valence-corrected chi connectivity index (χ2v) is 7.00. The van der Waals surface area contributed by atoms with E-state index in [4.69, 9.17) is 16.3 Å². The number of allylic oxidation sites excluding steroid dienone is 2. The molecule has 0 amide bonds. The summed E-state index contributed by atoms with van der Waals surface area (Å²) in [6.45, 7) is 2.56. The van der Waals surface area contributed by atoms with Crippen LogP contribution in [0.5, 0.6) is 17.2 Å². The molecule has 2 N–H and O–H groups in total.